The molecule has 0 atom stereocenters. The minimum absolute atomic E-state index is 0. The van der Waals surface area contributed by atoms with E-state index < -0.39 is 41.5 Å². The summed E-state index contributed by atoms with van der Waals surface area (Å²) in [6.45, 7) is 3.26. The molecule has 2 heterocycles. The Hall–Kier alpha value is -2.11. The van der Waals surface area contributed by atoms with Gasteiger partial charge in [-0.1, -0.05) is 6.08 Å². The molecule has 4 rings (SSSR count). The van der Waals surface area contributed by atoms with Crippen LogP contribution in [0.1, 0.15) is 18.2 Å². The topological polar surface area (TPSA) is 185 Å². The number of aryl methyl sites for hydroxylation is 1. The molecule has 0 aliphatic carbocycles. The number of benzene rings is 2. The van der Waals surface area contributed by atoms with Gasteiger partial charge < -0.3 is 9.11 Å². The van der Waals surface area contributed by atoms with Crippen LogP contribution in [0, 0.1) is 6.92 Å². The van der Waals surface area contributed by atoms with Crippen molar-refractivity contribution in [2.45, 2.75) is 23.6 Å². The summed E-state index contributed by atoms with van der Waals surface area (Å²) in [7, 11) is -9.24. The number of anilines is 1. The average molecular weight is 589 g/mol. The van der Waals surface area contributed by atoms with Crippen molar-refractivity contribution in [3.63, 3.8) is 0 Å². The monoisotopic (exact) mass is 588 g/mol. The summed E-state index contributed by atoms with van der Waals surface area (Å²) in [5, 5.41) is 8.11. The number of carbonyl (C=O) groups is 1. The van der Waals surface area contributed by atoms with Crippen molar-refractivity contribution in [2.75, 3.05) is 5.01 Å². The summed E-state index contributed by atoms with van der Waals surface area (Å²) in [5.74, 6) is -0.489. The number of H-pyrrole nitrogens is 1. The summed E-state index contributed by atoms with van der Waals surface area (Å²) in [6.07, 6.45) is 4.46. The largest absolute Gasteiger partial charge is 1.00 e. The van der Waals surface area contributed by atoms with Gasteiger partial charge in [0.1, 0.15) is 20.2 Å². The molecule has 0 saturated heterocycles. The molecule has 1 aliphatic heterocycles. The Morgan fingerprint density at radius 1 is 0.821 bits per heavy atom. The first-order chi connectivity index (χ1) is 17.3. The standard InChI is InChI=1S/C23H20N4O8S2.2Na/c1-14-20(22(28)26(24-14)16-6-10-18(11-7-16)36(30,31)32)4-3-5-21-15(2)25-27(23(21)29)17-8-12-19(13-9-17)37(33,34)35;;/h3-13,24H,1-2H3,(H,30,31,32)(H,33,34,35);;/q;2*+1/p-2/b4-3+,21-5-;;. The number of aromatic nitrogens is 2. The van der Waals surface area contributed by atoms with E-state index in [0.29, 0.717) is 17.1 Å². The number of nitrogens with zero attached hydrogens (tertiary/aromatic N) is 3. The Morgan fingerprint density at radius 3 is 1.79 bits per heavy atom. The molecule has 0 unspecified atom stereocenters. The van der Waals surface area contributed by atoms with E-state index in [1.54, 1.807) is 13.8 Å². The van der Waals surface area contributed by atoms with E-state index in [0.717, 1.165) is 29.3 Å². The Morgan fingerprint density at radius 2 is 1.31 bits per heavy atom. The molecule has 1 aromatic heterocycles. The minimum atomic E-state index is -4.62. The van der Waals surface area contributed by atoms with Crippen molar-refractivity contribution in [1.82, 2.24) is 9.78 Å². The van der Waals surface area contributed by atoms with E-state index >= 15 is 0 Å². The Bertz CT molecular complexity index is 1770. The van der Waals surface area contributed by atoms with Crippen LogP contribution in [0.5, 0.6) is 0 Å². The number of nitrogens with one attached hydrogen (secondary N) is 1. The first-order valence-electron chi connectivity index (χ1n) is 10.5. The van der Waals surface area contributed by atoms with E-state index in [9.17, 15) is 35.5 Å². The molecular formula is C23H18N4Na2O8S2. The molecule has 12 nitrogen and oxygen atoms in total. The number of carbonyl (C=O) groups excluding carboxylic acids is 1. The average Bonchev–Trinajstić information content (AvgIpc) is 3.28. The maximum Gasteiger partial charge on any atom is 1.00 e. The third-order valence-electron chi connectivity index (χ3n) is 5.46. The molecular weight excluding hydrogens is 570 g/mol. The number of aromatic amines is 1. The molecule has 0 fully saturated rings. The molecule has 0 spiro atoms. The summed E-state index contributed by atoms with van der Waals surface area (Å²) in [6, 6.07) is 9.62. The fourth-order valence-corrected chi connectivity index (χ4v) is 4.52. The number of hydrogen-bond donors (Lipinski definition) is 1. The first kappa shape index (κ1) is 33.1. The second-order valence-electron chi connectivity index (χ2n) is 7.93. The van der Waals surface area contributed by atoms with Gasteiger partial charge in [-0.25, -0.2) is 21.5 Å². The fraction of sp³-hybridized carbons (Fsp3) is 0.0870. The molecule has 0 bridgehead atoms. The van der Waals surface area contributed by atoms with Crippen LogP contribution in [-0.4, -0.2) is 47.3 Å². The zero-order valence-corrected chi connectivity index (χ0v) is 26.9. The summed E-state index contributed by atoms with van der Waals surface area (Å²) >= 11 is 0. The molecule has 39 heavy (non-hydrogen) atoms. The molecule has 2 aromatic carbocycles. The molecule has 192 valence electrons. The van der Waals surface area contributed by atoms with Crippen molar-refractivity contribution in [2.24, 2.45) is 5.10 Å². The van der Waals surface area contributed by atoms with Crippen LogP contribution < -0.4 is 69.7 Å². The summed E-state index contributed by atoms with van der Waals surface area (Å²) in [5.41, 5.74) is 1.54. The van der Waals surface area contributed by atoms with Crippen LogP contribution in [-0.2, 0) is 25.0 Å². The molecule has 3 aromatic rings. The fourth-order valence-electron chi connectivity index (χ4n) is 3.58. The maximum absolute atomic E-state index is 12.9. The summed E-state index contributed by atoms with van der Waals surface area (Å²) < 4.78 is 67.9. The summed E-state index contributed by atoms with van der Waals surface area (Å²) in [4.78, 5) is 24.9. The van der Waals surface area contributed by atoms with Gasteiger partial charge in [-0.3, -0.25) is 14.7 Å². The second-order valence-corrected chi connectivity index (χ2v) is 10.7. The van der Waals surface area contributed by atoms with Crippen LogP contribution in [0.15, 0.2) is 85.9 Å². The van der Waals surface area contributed by atoms with Crippen LogP contribution in [0.3, 0.4) is 0 Å². The number of rotatable bonds is 6. The maximum atomic E-state index is 12.9. The normalized spacial score (nSPS) is 14.9. The Balaban J connectivity index is 0.00000267. The molecule has 1 N–H and O–H groups in total. The minimum Gasteiger partial charge on any atom is -0.744 e. The molecule has 1 aliphatic rings. The van der Waals surface area contributed by atoms with Crippen LogP contribution in [0.25, 0.3) is 11.8 Å². The van der Waals surface area contributed by atoms with E-state index in [2.05, 4.69) is 10.2 Å². The predicted molar refractivity (Wildman–Crippen MR) is 131 cm³/mol. The number of hydrogen-bond acceptors (Lipinski definition) is 9. The first-order valence-corrected chi connectivity index (χ1v) is 13.3. The number of allylic oxidation sites excluding steroid dienone is 2. The van der Waals surface area contributed by atoms with Crippen LogP contribution in [0.2, 0.25) is 0 Å². The van der Waals surface area contributed by atoms with Crippen molar-refractivity contribution < 1.29 is 89.9 Å². The van der Waals surface area contributed by atoms with Gasteiger partial charge >= 0.3 is 59.1 Å². The number of amides is 1. The van der Waals surface area contributed by atoms with Crippen LogP contribution >= 0.6 is 0 Å². The van der Waals surface area contributed by atoms with Gasteiger partial charge in [-0.15, -0.1) is 0 Å². The third kappa shape index (κ3) is 7.16. The van der Waals surface area contributed by atoms with Crippen molar-refractivity contribution >= 4 is 43.6 Å². The Labute approximate surface area is 268 Å². The van der Waals surface area contributed by atoms with Crippen molar-refractivity contribution in [1.29, 1.82) is 0 Å². The molecule has 0 saturated carbocycles. The van der Waals surface area contributed by atoms with Gasteiger partial charge in [0, 0.05) is 5.69 Å². The van der Waals surface area contributed by atoms with Crippen LogP contribution in [0.4, 0.5) is 5.69 Å². The zero-order chi connectivity index (χ0) is 27.1. The van der Waals surface area contributed by atoms with E-state index in [-0.39, 0.29) is 75.9 Å². The second kappa shape index (κ2) is 12.6. The van der Waals surface area contributed by atoms with E-state index in [4.69, 9.17) is 0 Å². The predicted octanol–water partition coefficient (Wildman–Crippen LogP) is -4.35. The van der Waals surface area contributed by atoms with Gasteiger partial charge in [0.05, 0.1) is 38.0 Å². The zero-order valence-electron chi connectivity index (χ0n) is 21.3. The van der Waals surface area contributed by atoms with Crippen molar-refractivity contribution in [3.8, 4) is 5.69 Å². The van der Waals surface area contributed by atoms with E-state index in [1.807, 2.05) is 0 Å². The van der Waals surface area contributed by atoms with Gasteiger partial charge in [0.25, 0.3) is 11.5 Å². The number of hydrazone groups is 1. The Kier molecular flexibility index (Phi) is 10.7. The molecule has 0 radical (unpaired) electrons. The quantitative estimate of drug-likeness (QED) is 0.170. The van der Waals surface area contributed by atoms with Gasteiger partial charge in [0.2, 0.25) is 0 Å². The van der Waals surface area contributed by atoms with Gasteiger partial charge in [0.15, 0.2) is 0 Å². The molecule has 1 amide bonds. The van der Waals surface area contributed by atoms with Gasteiger partial charge in [-0.2, -0.15) is 10.1 Å². The third-order valence-corrected chi connectivity index (χ3v) is 7.16. The van der Waals surface area contributed by atoms with Crippen molar-refractivity contribution in [3.05, 3.63) is 87.9 Å². The van der Waals surface area contributed by atoms with Gasteiger partial charge in [-0.05, 0) is 74.5 Å². The van der Waals surface area contributed by atoms with E-state index in [1.165, 1.54) is 47.2 Å². The smallest absolute Gasteiger partial charge is 0.744 e. The molecule has 16 heteroatoms. The SMILES string of the molecule is CC1=NN(c2ccc(S(=O)(=O)[O-])cc2)C(=O)/C1=C\C=C\c1c(C)[nH]n(-c2ccc(S(=O)(=O)[O-])cc2)c1=O.[Na+].[Na+].